The van der Waals surface area contributed by atoms with Crippen LogP contribution in [0.1, 0.15) is 29.2 Å². The first kappa shape index (κ1) is 8.98. The molecule has 1 aromatic rings. The van der Waals surface area contributed by atoms with Crippen LogP contribution in [-0.2, 0) is 11.2 Å². The second-order valence-electron chi connectivity index (χ2n) is 3.04. The average Bonchev–Trinajstić information content (AvgIpc) is 2.03. The fourth-order valence-electron chi connectivity index (χ4n) is 1.61. The molecule has 0 bridgehead atoms. The smallest absolute Gasteiger partial charge is 0.233 e. The van der Waals surface area contributed by atoms with Gasteiger partial charge in [-0.25, -0.2) is 0 Å². The maximum atomic E-state index is 10.4. The van der Waals surface area contributed by atoms with E-state index in [1.165, 1.54) is 16.7 Å². The van der Waals surface area contributed by atoms with Crippen LogP contribution in [0.25, 0.3) is 0 Å². The molecule has 0 saturated heterocycles. The van der Waals surface area contributed by atoms with E-state index in [-0.39, 0.29) is 0 Å². The van der Waals surface area contributed by atoms with Gasteiger partial charge in [-0.05, 0) is 49.1 Å². The fourth-order valence-corrected chi connectivity index (χ4v) is 1.61. The Bertz CT molecular complexity index is 277. The van der Waals surface area contributed by atoms with Crippen LogP contribution in [0.4, 0.5) is 0 Å². The summed E-state index contributed by atoms with van der Waals surface area (Å²) in [6.45, 7) is 6.19. The molecule has 0 spiro atoms. The number of hydrogen-bond acceptors (Lipinski definition) is 1. The van der Waals surface area contributed by atoms with Gasteiger partial charge in [0.15, 0.2) is 0 Å². The Morgan fingerprint density at radius 1 is 1.25 bits per heavy atom. The molecule has 0 saturated carbocycles. The second kappa shape index (κ2) is 3.53. The standard InChI is InChI=1S/C11H13O/c1-4-11-8(2)5-10(7-12)6-9(11)3/h5-6H,4H2,1-3H3. The Kier molecular flexibility index (Phi) is 2.64. The van der Waals surface area contributed by atoms with Crippen molar-refractivity contribution >= 4 is 6.29 Å². The molecule has 1 radical (unpaired) electrons. The Morgan fingerprint density at radius 3 is 2.08 bits per heavy atom. The molecule has 12 heavy (non-hydrogen) atoms. The summed E-state index contributed by atoms with van der Waals surface area (Å²) in [6, 6.07) is 3.78. The molecular formula is C11H13O. The summed E-state index contributed by atoms with van der Waals surface area (Å²) in [6.07, 6.45) is 2.93. The molecule has 0 amide bonds. The lowest BCUT2D eigenvalue weighted by Gasteiger charge is -2.07. The fraction of sp³-hybridized carbons (Fsp3) is 0.364. The van der Waals surface area contributed by atoms with Crippen molar-refractivity contribution in [3.8, 4) is 0 Å². The Labute approximate surface area is 73.4 Å². The van der Waals surface area contributed by atoms with Gasteiger partial charge in [-0.15, -0.1) is 0 Å². The number of benzene rings is 1. The van der Waals surface area contributed by atoms with Crippen molar-refractivity contribution in [2.75, 3.05) is 0 Å². The molecule has 0 fully saturated rings. The number of rotatable bonds is 2. The maximum absolute atomic E-state index is 10.4. The molecule has 0 atom stereocenters. The minimum absolute atomic E-state index is 0.655. The summed E-state index contributed by atoms with van der Waals surface area (Å²) in [7, 11) is 0. The molecule has 0 heterocycles. The van der Waals surface area contributed by atoms with Gasteiger partial charge in [0.25, 0.3) is 0 Å². The summed E-state index contributed by atoms with van der Waals surface area (Å²) in [5.41, 5.74) is 4.38. The van der Waals surface area contributed by atoms with E-state index >= 15 is 0 Å². The Balaban J connectivity index is 3.27. The van der Waals surface area contributed by atoms with E-state index in [9.17, 15) is 4.79 Å². The molecule has 1 aromatic carbocycles. The van der Waals surface area contributed by atoms with Gasteiger partial charge >= 0.3 is 0 Å². The largest absolute Gasteiger partial charge is 0.285 e. The van der Waals surface area contributed by atoms with Crippen LogP contribution in [0.2, 0.25) is 0 Å². The lowest BCUT2D eigenvalue weighted by atomic mass is 9.98. The third kappa shape index (κ3) is 1.55. The molecule has 1 heteroatoms. The molecule has 1 rings (SSSR count). The first-order valence-electron chi connectivity index (χ1n) is 4.17. The zero-order chi connectivity index (χ0) is 9.14. The van der Waals surface area contributed by atoms with Gasteiger partial charge in [0.2, 0.25) is 6.29 Å². The van der Waals surface area contributed by atoms with Crippen LogP contribution < -0.4 is 0 Å². The third-order valence-corrected chi connectivity index (χ3v) is 2.17. The molecule has 63 valence electrons. The van der Waals surface area contributed by atoms with Crippen LogP contribution in [-0.4, -0.2) is 6.29 Å². The highest BCUT2D eigenvalue weighted by Crippen LogP contribution is 2.15. The van der Waals surface area contributed by atoms with Gasteiger partial charge in [-0.1, -0.05) is 6.92 Å². The molecule has 0 aliphatic carbocycles. The minimum Gasteiger partial charge on any atom is -0.285 e. The third-order valence-electron chi connectivity index (χ3n) is 2.17. The SMILES string of the molecule is CCc1c(C)cc([C]=O)cc1C. The zero-order valence-electron chi connectivity index (χ0n) is 7.77. The summed E-state index contributed by atoms with van der Waals surface area (Å²) < 4.78 is 0. The van der Waals surface area contributed by atoms with Crippen molar-refractivity contribution < 1.29 is 4.79 Å². The molecule has 1 nitrogen and oxygen atoms in total. The van der Waals surface area contributed by atoms with Gasteiger partial charge < -0.3 is 0 Å². The summed E-state index contributed by atoms with van der Waals surface area (Å²) in [5.74, 6) is 0. The molecule has 0 aromatic heterocycles. The lowest BCUT2D eigenvalue weighted by Crippen LogP contribution is -1.94. The van der Waals surface area contributed by atoms with Crippen LogP contribution in [0, 0.1) is 13.8 Å². The first-order valence-corrected chi connectivity index (χ1v) is 4.17. The predicted molar refractivity (Wildman–Crippen MR) is 50.1 cm³/mol. The number of aryl methyl sites for hydroxylation is 2. The summed E-state index contributed by atoms with van der Waals surface area (Å²) in [4.78, 5) is 10.4. The van der Waals surface area contributed by atoms with Gasteiger partial charge in [0.1, 0.15) is 0 Å². The van der Waals surface area contributed by atoms with E-state index in [0.29, 0.717) is 5.56 Å². The van der Waals surface area contributed by atoms with Crippen molar-refractivity contribution in [2.24, 2.45) is 0 Å². The van der Waals surface area contributed by atoms with Crippen molar-refractivity contribution in [2.45, 2.75) is 27.2 Å². The predicted octanol–water partition coefficient (Wildman–Crippen LogP) is 2.32. The van der Waals surface area contributed by atoms with E-state index in [0.717, 1.165) is 6.42 Å². The molecule has 0 N–H and O–H groups in total. The summed E-state index contributed by atoms with van der Waals surface area (Å²) in [5, 5.41) is 0. The van der Waals surface area contributed by atoms with Gasteiger partial charge in [0.05, 0.1) is 0 Å². The second-order valence-corrected chi connectivity index (χ2v) is 3.04. The van der Waals surface area contributed by atoms with Gasteiger partial charge in [-0.2, -0.15) is 0 Å². The highest BCUT2D eigenvalue weighted by Gasteiger charge is 2.02. The highest BCUT2D eigenvalue weighted by atomic mass is 16.1. The Morgan fingerprint density at radius 2 is 1.75 bits per heavy atom. The lowest BCUT2D eigenvalue weighted by molar-refractivity contribution is 0.562. The molecule has 0 aliphatic heterocycles. The van der Waals surface area contributed by atoms with Crippen LogP contribution in [0.15, 0.2) is 12.1 Å². The maximum Gasteiger partial charge on any atom is 0.233 e. The zero-order valence-corrected chi connectivity index (χ0v) is 7.77. The molecular weight excluding hydrogens is 148 g/mol. The van der Waals surface area contributed by atoms with E-state index < -0.39 is 0 Å². The topological polar surface area (TPSA) is 17.1 Å². The van der Waals surface area contributed by atoms with Crippen LogP contribution in [0.5, 0.6) is 0 Å². The summed E-state index contributed by atoms with van der Waals surface area (Å²) >= 11 is 0. The quantitative estimate of drug-likeness (QED) is 0.650. The van der Waals surface area contributed by atoms with E-state index in [2.05, 4.69) is 6.92 Å². The van der Waals surface area contributed by atoms with Gasteiger partial charge in [-0.3, -0.25) is 4.79 Å². The van der Waals surface area contributed by atoms with E-state index in [4.69, 9.17) is 0 Å². The van der Waals surface area contributed by atoms with Crippen LogP contribution in [0.3, 0.4) is 0 Å². The monoisotopic (exact) mass is 161 g/mol. The van der Waals surface area contributed by atoms with E-state index in [1.54, 1.807) is 0 Å². The van der Waals surface area contributed by atoms with Crippen molar-refractivity contribution in [1.29, 1.82) is 0 Å². The number of hydrogen-bond donors (Lipinski definition) is 0. The highest BCUT2D eigenvalue weighted by molar-refractivity contribution is 5.76. The first-order chi connectivity index (χ1) is 5.69. The van der Waals surface area contributed by atoms with Crippen molar-refractivity contribution in [3.05, 3.63) is 34.4 Å². The molecule has 0 aliphatic rings. The number of carbonyl (C=O) groups excluding carboxylic acids is 1. The van der Waals surface area contributed by atoms with E-state index in [1.807, 2.05) is 32.3 Å². The van der Waals surface area contributed by atoms with Crippen molar-refractivity contribution in [3.63, 3.8) is 0 Å². The van der Waals surface area contributed by atoms with Crippen LogP contribution >= 0.6 is 0 Å². The minimum atomic E-state index is 0.655. The average molecular weight is 161 g/mol. The molecule has 0 unspecified atom stereocenters. The normalized spacial score (nSPS) is 9.92. The van der Waals surface area contributed by atoms with Gasteiger partial charge in [0, 0.05) is 5.56 Å². The van der Waals surface area contributed by atoms with Crippen molar-refractivity contribution in [1.82, 2.24) is 0 Å². The Hall–Kier alpha value is -1.11.